The summed E-state index contributed by atoms with van der Waals surface area (Å²) in [6, 6.07) is 7.03. The van der Waals surface area contributed by atoms with Crippen molar-refractivity contribution in [2.45, 2.75) is 25.3 Å². The van der Waals surface area contributed by atoms with Gasteiger partial charge in [-0.15, -0.1) is 0 Å². The molecule has 2 unspecified atom stereocenters. The molecule has 3 nitrogen and oxygen atoms in total. The Bertz CT molecular complexity index is 433. The molecule has 18 heavy (non-hydrogen) atoms. The lowest BCUT2D eigenvalue weighted by molar-refractivity contribution is 0.147. The molecule has 1 fully saturated rings. The quantitative estimate of drug-likeness (QED) is 0.831. The van der Waals surface area contributed by atoms with Crippen LogP contribution in [-0.2, 0) is 11.2 Å². The molecular formula is C15H22N2O. The van der Waals surface area contributed by atoms with Crippen LogP contribution in [0.5, 0.6) is 0 Å². The smallest absolute Gasteiger partial charge is 0.0503 e. The maximum absolute atomic E-state index is 5.86. The van der Waals surface area contributed by atoms with Crippen LogP contribution >= 0.6 is 0 Å². The van der Waals surface area contributed by atoms with E-state index in [1.807, 2.05) is 6.07 Å². The van der Waals surface area contributed by atoms with Gasteiger partial charge in [0.05, 0.1) is 6.61 Å². The molecule has 1 aliphatic heterocycles. The normalized spacial score (nSPS) is 27.6. The second kappa shape index (κ2) is 4.90. The second-order valence-corrected chi connectivity index (χ2v) is 5.62. The molecule has 1 saturated heterocycles. The van der Waals surface area contributed by atoms with Crippen molar-refractivity contribution in [1.82, 2.24) is 4.90 Å². The first-order valence-corrected chi connectivity index (χ1v) is 6.89. The number of benzene rings is 1. The van der Waals surface area contributed by atoms with Gasteiger partial charge in [-0.1, -0.05) is 6.07 Å². The fourth-order valence-electron chi connectivity index (χ4n) is 3.51. The molecule has 0 aromatic heterocycles. The van der Waals surface area contributed by atoms with Gasteiger partial charge in [-0.25, -0.2) is 0 Å². The largest absolute Gasteiger partial charge is 0.399 e. The number of hydrogen-bond donors (Lipinski definition) is 1. The minimum absolute atomic E-state index is 0.613. The van der Waals surface area contributed by atoms with Crippen LogP contribution in [0.2, 0.25) is 0 Å². The Kier molecular flexibility index (Phi) is 3.27. The van der Waals surface area contributed by atoms with Gasteiger partial charge in [-0.05, 0) is 55.0 Å². The molecule has 2 atom stereocenters. The summed E-state index contributed by atoms with van der Waals surface area (Å²) in [6.07, 6.45) is 3.70. The van der Waals surface area contributed by atoms with Gasteiger partial charge in [-0.2, -0.15) is 0 Å². The van der Waals surface area contributed by atoms with Crippen molar-refractivity contribution in [3.05, 3.63) is 29.3 Å². The topological polar surface area (TPSA) is 38.5 Å². The molecule has 2 N–H and O–H groups in total. The molecule has 1 heterocycles. The minimum Gasteiger partial charge on any atom is -0.399 e. The zero-order valence-corrected chi connectivity index (χ0v) is 11.1. The van der Waals surface area contributed by atoms with Gasteiger partial charge in [0, 0.05) is 25.4 Å². The lowest BCUT2D eigenvalue weighted by Gasteiger charge is -2.25. The number of nitrogens with zero attached hydrogens (tertiary/aromatic N) is 1. The van der Waals surface area contributed by atoms with Crippen molar-refractivity contribution < 1.29 is 4.74 Å². The maximum Gasteiger partial charge on any atom is 0.0503 e. The van der Waals surface area contributed by atoms with Crippen LogP contribution in [0, 0.1) is 5.92 Å². The molecule has 0 bridgehead atoms. The van der Waals surface area contributed by atoms with Gasteiger partial charge in [0.25, 0.3) is 0 Å². The number of nitrogens with two attached hydrogens (primary N) is 1. The highest BCUT2D eigenvalue weighted by atomic mass is 16.5. The Morgan fingerprint density at radius 3 is 3.11 bits per heavy atom. The molecule has 3 rings (SSSR count). The highest BCUT2D eigenvalue weighted by Crippen LogP contribution is 2.39. The number of likely N-dealkylation sites (tertiary alicyclic amines) is 1. The minimum atomic E-state index is 0.613. The van der Waals surface area contributed by atoms with Crippen LogP contribution in [0.15, 0.2) is 18.2 Å². The third-order valence-electron chi connectivity index (χ3n) is 4.37. The van der Waals surface area contributed by atoms with E-state index < -0.39 is 0 Å². The molecule has 0 radical (unpaired) electrons. The molecular weight excluding hydrogens is 224 g/mol. The summed E-state index contributed by atoms with van der Waals surface area (Å²) in [4.78, 5) is 2.63. The number of rotatable bonds is 3. The molecule has 0 amide bonds. The Morgan fingerprint density at radius 1 is 1.39 bits per heavy atom. The first-order chi connectivity index (χ1) is 8.78. The number of hydrogen-bond acceptors (Lipinski definition) is 3. The van der Waals surface area contributed by atoms with E-state index in [1.165, 1.54) is 43.5 Å². The molecule has 0 spiro atoms. The zero-order valence-electron chi connectivity index (χ0n) is 11.1. The van der Waals surface area contributed by atoms with E-state index in [2.05, 4.69) is 17.0 Å². The van der Waals surface area contributed by atoms with Gasteiger partial charge in [0.15, 0.2) is 0 Å². The molecule has 0 saturated carbocycles. The van der Waals surface area contributed by atoms with E-state index in [9.17, 15) is 0 Å². The van der Waals surface area contributed by atoms with Gasteiger partial charge in [0.2, 0.25) is 0 Å². The molecule has 1 aromatic rings. The van der Waals surface area contributed by atoms with Crippen LogP contribution in [0.25, 0.3) is 0 Å². The van der Waals surface area contributed by atoms with E-state index in [0.717, 1.165) is 12.3 Å². The fraction of sp³-hybridized carbons (Fsp3) is 0.600. The molecule has 1 aromatic carbocycles. The van der Waals surface area contributed by atoms with Gasteiger partial charge in [0.1, 0.15) is 0 Å². The standard InChI is InChI=1S/C15H22N2O/c1-18-10-11-6-7-17(9-11)15-5-2-12-8-13(16)3-4-14(12)15/h3-4,8,11,15H,2,5-7,9-10,16H2,1H3. The zero-order chi connectivity index (χ0) is 12.5. The van der Waals surface area contributed by atoms with Crippen molar-refractivity contribution in [2.24, 2.45) is 5.92 Å². The van der Waals surface area contributed by atoms with Crippen molar-refractivity contribution in [2.75, 3.05) is 32.5 Å². The Hall–Kier alpha value is -1.06. The Balaban J connectivity index is 1.73. The molecule has 98 valence electrons. The van der Waals surface area contributed by atoms with E-state index in [0.29, 0.717) is 12.0 Å². The number of anilines is 1. The van der Waals surface area contributed by atoms with E-state index in [4.69, 9.17) is 10.5 Å². The van der Waals surface area contributed by atoms with Crippen LogP contribution < -0.4 is 5.73 Å². The summed E-state index contributed by atoms with van der Waals surface area (Å²) < 4.78 is 5.28. The van der Waals surface area contributed by atoms with Crippen molar-refractivity contribution in [1.29, 1.82) is 0 Å². The molecule has 2 aliphatic rings. The third kappa shape index (κ3) is 2.13. The van der Waals surface area contributed by atoms with Gasteiger partial charge in [-0.3, -0.25) is 4.90 Å². The Labute approximate surface area is 109 Å². The number of ether oxygens (including phenoxy) is 1. The van der Waals surface area contributed by atoms with E-state index in [-0.39, 0.29) is 0 Å². The highest BCUT2D eigenvalue weighted by Gasteiger charge is 2.32. The average Bonchev–Trinajstić information content (AvgIpc) is 2.95. The maximum atomic E-state index is 5.86. The van der Waals surface area contributed by atoms with Crippen molar-refractivity contribution >= 4 is 5.69 Å². The summed E-state index contributed by atoms with van der Waals surface area (Å²) in [6.45, 7) is 3.29. The lowest BCUT2D eigenvalue weighted by atomic mass is 10.1. The number of methoxy groups -OCH3 is 1. The summed E-state index contributed by atoms with van der Waals surface area (Å²) in [5.41, 5.74) is 9.71. The first-order valence-electron chi connectivity index (χ1n) is 6.89. The van der Waals surface area contributed by atoms with Crippen LogP contribution in [0.1, 0.15) is 30.0 Å². The third-order valence-corrected chi connectivity index (χ3v) is 4.37. The van der Waals surface area contributed by atoms with Gasteiger partial charge >= 0.3 is 0 Å². The van der Waals surface area contributed by atoms with Crippen molar-refractivity contribution in [3.8, 4) is 0 Å². The summed E-state index contributed by atoms with van der Waals surface area (Å²) in [5.74, 6) is 0.716. The summed E-state index contributed by atoms with van der Waals surface area (Å²) in [7, 11) is 1.80. The number of fused-ring (bicyclic) bond motifs is 1. The summed E-state index contributed by atoms with van der Waals surface area (Å²) >= 11 is 0. The molecule has 3 heteroatoms. The van der Waals surface area contributed by atoms with E-state index in [1.54, 1.807) is 7.11 Å². The average molecular weight is 246 g/mol. The number of nitrogen functional groups attached to an aromatic ring is 1. The monoisotopic (exact) mass is 246 g/mol. The Morgan fingerprint density at radius 2 is 2.28 bits per heavy atom. The lowest BCUT2D eigenvalue weighted by Crippen LogP contribution is -2.25. The first kappa shape index (κ1) is 12.0. The second-order valence-electron chi connectivity index (χ2n) is 5.62. The van der Waals surface area contributed by atoms with Crippen molar-refractivity contribution in [3.63, 3.8) is 0 Å². The highest BCUT2D eigenvalue weighted by molar-refractivity contribution is 5.47. The van der Waals surface area contributed by atoms with Gasteiger partial charge < -0.3 is 10.5 Å². The predicted molar refractivity (Wildman–Crippen MR) is 73.5 cm³/mol. The molecule has 1 aliphatic carbocycles. The van der Waals surface area contributed by atoms with E-state index >= 15 is 0 Å². The van der Waals surface area contributed by atoms with Crippen LogP contribution in [0.4, 0.5) is 5.69 Å². The predicted octanol–water partition coefficient (Wildman–Crippen LogP) is 2.22. The summed E-state index contributed by atoms with van der Waals surface area (Å²) in [5, 5.41) is 0. The SMILES string of the molecule is COCC1CCN(C2CCc3cc(N)ccc32)C1. The van der Waals surface area contributed by atoms with Crippen LogP contribution in [-0.4, -0.2) is 31.7 Å². The van der Waals surface area contributed by atoms with Crippen LogP contribution in [0.3, 0.4) is 0 Å². The fourth-order valence-corrected chi connectivity index (χ4v) is 3.51. The number of aryl methyl sites for hydroxylation is 1.